The zero-order chi connectivity index (χ0) is 12.5. The van der Waals surface area contributed by atoms with E-state index in [-0.39, 0.29) is 6.04 Å². The first-order valence-electron chi connectivity index (χ1n) is 6.17. The van der Waals surface area contributed by atoms with Crippen LogP contribution in [0.4, 0.5) is 0 Å². The van der Waals surface area contributed by atoms with E-state index in [2.05, 4.69) is 33.4 Å². The maximum Gasteiger partial charge on any atom is 0.127 e. The quantitative estimate of drug-likeness (QED) is 0.881. The van der Waals surface area contributed by atoms with Gasteiger partial charge in [0.2, 0.25) is 0 Å². The smallest absolute Gasteiger partial charge is 0.127 e. The van der Waals surface area contributed by atoms with Crippen molar-refractivity contribution in [2.75, 3.05) is 19.8 Å². The summed E-state index contributed by atoms with van der Waals surface area (Å²) >= 11 is 3.52. The highest BCUT2D eigenvalue weighted by Gasteiger charge is 2.26. The van der Waals surface area contributed by atoms with Crippen molar-refractivity contribution in [2.45, 2.75) is 25.1 Å². The molecule has 0 bridgehead atoms. The lowest BCUT2D eigenvalue weighted by atomic mass is 10.1. The van der Waals surface area contributed by atoms with E-state index < -0.39 is 6.10 Å². The number of ether oxygens (including phenoxy) is 2. The Kier molecular flexibility index (Phi) is 3.56. The Bertz CT molecular complexity index is 452. The van der Waals surface area contributed by atoms with Gasteiger partial charge in [0, 0.05) is 23.0 Å². The Balaban J connectivity index is 1.73. The van der Waals surface area contributed by atoms with Crippen molar-refractivity contribution in [2.24, 2.45) is 0 Å². The number of hydrogen-bond acceptors (Lipinski definition) is 4. The predicted octanol–water partition coefficient (Wildman–Crippen LogP) is 1.23. The van der Waals surface area contributed by atoms with Crippen LogP contribution in [0.3, 0.4) is 0 Å². The maximum atomic E-state index is 9.69. The van der Waals surface area contributed by atoms with Gasteiger partial charge in [-0.3, -0.25) is 0 Å². The van der Waals surface area contributed by atoms with E-state index in [4.69, 9.17) is 9.47 Å². The van der Waals surface area contributed by atoms with Crippen LogP contribution in [0, 0.1) is 0 Å². The van der Waals surface area contributed by atoms with Gasteiger partial charge in [0.15, 0.2) is 0 Å². The second kappa shape index (κ2) is 5.17. The molecule has 0 radical (unpaired) electrons. The molecule has 1 fully saturated rings. The summed E-state index contributed by atoms with van der Waals surface area (Å²) in [7, 11) is 0. The second-order valence-corrected chi connectivity index (χ2v) is 5.66. The topological polar surface area (TPSA) is 50.7 Å². The van der Waals surface area contributed by atoms with Crippen LogP contribution in [0.2, 0.25) is 0 Å². The molecule has 98 valence electrons. The van der Waals surface area contributed by atoms with Gasteiger partial charge in [0.1, 0.15) is 5.75 Å². The first kappa shape index (κ1) is 12.4. The molecule has 0 spiro atoms. The Hall–Kier alpha value is -0.620. The van der Waals surface area contributed by atoms with Gasteiger partial charge < -0.3 is 19.9 Å². The van der Waals surface area contributed by atoms with E-state index >= 15 is 0 Å². The third-order valence-corrected chi connectivity index (χ3v) is 3.89. The SMILES string of the molecule is OC1COCC1NCc1cc(Br)cc2c1OCC2. The van der Waals surface area contributed by atoms with Crippen LogP contribution in [0.1, 0.15) is 11.1 Å². The van der Waals surface area contributed by atoms with E-state index in [1.54, 1.807) is 0 Å². The molecule has 18 heavy (non-hydrogen) atoms. The summed E-state index contributed by atoms with van der Waals surface area (Å²) < 4.78 is 12.0. The lowest BCUT2D eigenvalue weighted by Gasteiger charge is -2.16. The summed E-state index contributed by atoms with van der Waals surface area (Å²) in [5.74, 6) is 0.999. The van der Waals surface area contributed by atoms with Crippen molar-refractivity contribution >= 4 is 15.9 Å². The fourth-order valence-electron chi connectivity index (χ4n) is 2.46. The van der Waals surface area contributed by atoms with Gasteiger partial charge in [-0.25, -0.2) is 0 Å². The van der Waals surface area contributed by atoms with E-state index in [1.165, 1.54) is 5.56 Å². The lowest BCUT2D eigenvalue weighted by Crippen LogP contribution is -2.38. The molecule has 2 heterocycles. The van der Waals surface area contributed by atoms with Crippen molar-refractivity contribution in [1.82, 2.24) is 5.32 Å². The van der Waals surface area contributed by atoms with E-state index in [1.807, 2.05) is 0 Å². The average molecular weight is 314 g/mol. The Morgan fingerprint density at radius 1 is 1.39 bits per heavy atom. The Morgan fingerprint density at radius 2 is 2.28 bits per heavy atom. The molecule has 0 aliphatic carbocycles. The van der Waals surface area contributed by atoms with Gasteiger partial charge in [0.25, 0.3) is 0 Å². The standard InChI is InChI=1S/C13H16BrNO3/c14-10-3-8-1-2-18-13(8)9(4-10)5-15-11-6-17-7-12(11)16/h3-4,11-12,15-16H,1-2,5-7H2. The number of benzene rings is 1. The summed E-state index contributed by atoms with van der Waals surface area (Å²) in [4.78, 5) is 0. The molecule has 2 unspecified atom stereocenters. The van der Waals surface area contributed by atoms with Gasteiger partial charge in [-0.05, 0) is 17.7 Å². The van der Waals surface area contributed by atoms with Crippen LogP contribution in [0.25, 0.3) is 0 Å². The van der Waals surface area contributed by atoms with Gasteiger partial charge >= 0.3 is 0 Å². The molecule has 0 aromatic heterocycles. The molecule has 1 saturated heterocycles. The van der Waals surface area contributed by atoms with Crippen molar-refractivity contribution in [3.8, 4) is 5.75 Å². The summed E-state index contributed by atoms with van der Waals surface area (Å²) in [6.07, 6.45) is 0.558. The highest BCUT2D eigenvalue weighted by Crippen LogP contribution is 2.33. The molecule has 1 aromatic rings. The third-order valence-electron chi connectivity index (χ3n) is 3.43. The molecule has 3 rings (SSSR count). The fourth-order valence-corrected chi connectivity index (χ4v) is 3.01. The number of hydrogen-bond donors (Lipinski definition) is 2. The minimum atomic E-state index is -0.411. The Morgan fingerprint density at radius 3 is 3.06 bits per heavy atom. The lowest BCUT2D eigenvalue weighted by molar-refractivity contribution is 0.122. The normalized spacial score (nSPS) is 26.1. The second-order valence-electron chi connectivity index (χ2n) is 4.74. The molecule has 2 aliphatic rings. The predicted molar refractivity (Wildman–Crippen MR) is 70.8 cm³/mol. The molecule has 2 aliphatic heterocycles. The van der Waals surface area contributed by atoms with Gasteiger partial charge in [-0.1, -0.05) is 15.9 Å². The first-order chi connectivity index (χ1) is 8.74. The summed E-state index contributed by atoms with van der Waals surface area (Å²) in [5.41, 5.74) is 2.39. The largest absolute Gasteiger partial charge is 0.493 e. The molecule has 2 N–H and O–H groups in total. The minimum Gasteiger partial charge on any atom is -0.493 e. The Labute approximate surface area is 114 Å². The van der Waals surface area contributed by atoms with Crippen molar-refractivity contribution in [1.29, 1.82) is 0 Å². The maximum absolute atomic E-state index is 9.69. The summed E-state index contributed by atoms with van der Waals surface area (Å²) in [6.45, 7) is 2.43. The van der Waals surface area contributed by atoms with E-state index in [9.17, 15) is 5.11 Å². The van der Waals surface area contributed by atoms with Crippen molar-refractivity contribution < 1.29 is 14.6 Å². The molecule has 4 nitrogen and oxygen atoms in total. The molecular weight excluding hydrogens is 298 g/mol. The zero-order valence-corrected chi connectivity index (χ0v) is 11.6. The molecule has 5 heteroatoms. The van der Waals surface area contributed by atoms with Crippen LogP contribution in [-0.2, 0) is 17.7 Å². The molecular formula is C13H16BrNO3. The highest BCUT2D eigenvalue weighted by atomic mass is 79.9. The van der Waals surface area contributed by atoms with Gasteiger partial charge in [0.05, 0.1) is 32.0 Å². The molecule has 1 aromatic carbocycles. The molecule has 0 amide bonds. The number of halogens is 1. The minimum absolute atomic E-state index is 0.0148. The third kappa shape index (κ3) is 2.40. The van der Waals surface area contributed by atoms with E-state index in [0.717, 1.165) is 28.8 Å². The fraction of sp³-hybridized carbons (Fsp3) is 0.538. The van der Waals surface area contributed by atoms with Crippen LogP contribution in [0.5, 0.6) is 5.75 Å². The van der Waals surface area contributed by atoms with Crippen LogP contribution >= 0.6 is 15.9 Å². The highest BCUT2D eigenvalue weighted by molar-refractivity contribution is 9.10. The number of rotatable bonds is 3. The number of aliphatic hydroxyl groups is 1. The van der Waals surface area contributed by atoms with Crippen LogP contribution < -0.4 is 10.1 Å². The van der Waals surface area contributed by atoms with E-state index in [0.29, 0.717) is 19.8 Å². The van der Waals surface area contributed by atoms with Gasteiger partial charge in [-0.2, -0.15) is 0 Å². The average Bonchev–Trinajstić information content (AvgIpc) is 2.94. The first-order valence-corrected chi connectivity index (χ1v) is 6.96. The molecule has 0 saturated carbocycles. The summed E-state index contributed by atoms with van der Waals surface area (Å²) in [5, 5.41) is 13.0. The number of aliphatic hydroxyl groups excluding tert-OH is 1. The van der Waals surface area contributed by atoms with Crippen LogP contribution in [-0.4, -0.2) is 37.1 Å². The number of fused-ring (bicyclic) bond motifs is 1. The molecule has 2 atom stereocenters. The zero-order valence-electron chi connectivity index (χ0n) is 9.99. The summed E-state index contributed by atoms with van der Waals surface area (Å²) in [6, 6.07) is 4.19. The monoisotopic (exact) mass is 313 g/mol. The van der Waals surface area contributed by atoms with Crippen LogP contribution in [0.15, 0.2) is 16.6 Å². The van der Waals surface area contributed by atoms with Crippen molar-refractivity contribution in [3.05, 3.63) is 27.7 Å². The van der Waals surface area contributed by atoms with Crippen molar-refractivity contribution in [3.63, 3.8) is 0 Å². The number of nitrogens with one attached hydrogen (secondary N) is 1. The van der Waals surface area contributed by atoms with Gasteiger partial charge in [-0.15, -0.1) is 0 Å².